The van der Waals surface area contributed by atoms with Gasteiger partial charge in [-0.25, -0.2) is 0 Å². The highest BCUT2D eigenvalue weighted by Crippen LogP contribution is 2.34. The Kier molecular flexibility index (Phi) is 4.96. The maximum absolute atomic E-state index is 13.2. The summed E-state index contributed by atoms with van der Waals surface area (Å²) in [5.41, 5.74) is 3.42. The molecule has 0 spiro atoms. The average Bonchev–Trinajstić information content (AvgIpc) is 3.14. The number of hydrogen-bond acceptors (Lipinski definition) is 3. The van der Waals surface area contributed by atoms with Crippen LogP contribution in [0.5, 0.6) is 0 Å². The van der Waals surface area contributed by atoms with Gasteiger partial charge >= 0.3 is 0 Å². The van der Waals surface area contributed by atoms with E-state index in [9.17, 15) is 14.4 Å². The Morgan fingerprint density at radius 2 is 1.48 bits per heavy atom. The largest absolute Gasteiger partial charge is 0.324 e. The van der Waals surface area contributed by atoms with Gasteiger partial charge in [-0.15, -0.1) is 0 Å². The Morgan fingerprint density at radius 3 is 2.17 bits per heavy atom. The second-order valence-corrected chi connectivity index (χ2v) is 7.01. The van der Waals surface area contributed by atoms with Crippen LogP contribution in [0.2, 0.25) is 0 Å². The number of anilines is 2. The molecule has 0 saturated carbocycles. The summed E-state index contributed by atoms with van der Waals surface area (Å²) in [5, 5.41) is 2.88. The fourth-order valence-corrected chi connectivity index (χ4v) is 3.58. The summed E-state index contributed by atoms with van der Waals surface area (Å²) in [6, 6.07) is 22.6. The molecule has 3 aromatic rings. The number of hydrogen-bond donors (Lipinski definition) is 1. The molecule has 5 nitrogen and oxygen atoms in total. The third kappa shape index (κ3) is 3.67. The van der Waals surface area contributed by atoms with Crippen molar-refractivity contribution in [1.29, 1.82) is 0 Å². The molecule has 0 bridgehead atoms. The van der Waals surface area contributed by atoms with Crippen LogP contribution in [0.25, 0.3) is 0 Å². The van der Waals surface area contributed by atoms with E-state index < -0.39 is 6.04 Å². The number of nitrogens with zero attached hydrogens (tertiary/aromatic N) is 1. The summed E-state index contributed by atoms with van der Waals surface area (Å²) in [6.45, 7) is 1.50. The highest BCUT2D eigenvalue weighted by atomic mass is 16.2. The van der Waals surface area contributed by atoms with E-state index in [2.05, 4.69) is 5.32 Å². The number of rotatable bonds is 4. The van der Waals surface area contributed by atoms with E-state index in [-0.39, 0.29) is 17.6 Å². The Hall–Kier alpha value is -3.73. The predicted molar refractivity (Wildman–Crippen MR) is 112 cm³/mol. The van der Waals surface area contributed by atoms with Crippen molar-refractivity contribution in [2.45, 2.75) is 19.4 Å². The van der Waals surface area contributed by atoms with Crippen LogP contribution in [0, 0.1) is 0 Å². The molecule has 1 heterocycles. The summed E-state index contributed by atoms with van der Waals surface area (Å²) in [5.74, 6) is -0.502. The maximum Gasteiger partial charge on any atom is 0.259 e. The van der Waals surface area contributed by atoms with Crippen LogP contribution in [0.1, 0.15) is 33.2 Å². The first-order chi connectivity index (χ1) is 14.0. The molecule has 0 radical (unpaired) electrons. The van der Waals surface area contributed by atoms with Gasteiger partial charge in [0.1, 0.15) is 6.04 Å². The minimum atomic E-state index is -0.646. The summed E-state index contributed by atoms with van der Waals surface area (Å²) in [4.78, 5) is 39.3. The van der Waals surface area contributed by atoms with Crippen LogP contribution >= 0.6 is 0 Å². The highest BCUT2D eigenvalue weighted by molar-refractivity contribution is 6.13. The van der Waals surface area contributed by atoms with Crippen molar-refractivity contribution in [3.8, 4) is 0 Å². The lowest BCUT2D eigenvalue weighted by Gasteiger charge is -2.25. The van der Waals surface area contributed by atoms with Gasteiger partial charge in [0, 0.05) is 28.9 Å². The SMILES string of the molecule is CC(=O)c1ccc(NC(=O)[C@@H]2Cc3ccccc3N2C(=O)c2ccccc2)cc1. The highest BCUT2D eigenvalue weighted by Gasteiger charge is 2.38. The van der Waals surface area contributed by atoms with Crippen molar-refractivity contribution in [1.82, 2.24) is 0 Å². The van der Waals surface area contributed by atoms with Crippen LogP contribution in [0.3, 0.4) is 0 Å². The fourth-order valence-electron chi connectivity index (χ4n) is 3.58. The molecule has 3 aromatic carbocycles. The molecule has 0 fully saturated rings. The second-order valence-electron chi connectivity index (χ2n) is 7.01. The van der Waals surface area contributed by atoms with E-state index >= 15 is 0 Å². The van der Waals surface area contributed by atoms with Crippen molar-refractivity contribution < 1.29 is 14.4 Å². The lowest BCUT2D eigenvalue weighted by molar-refractivity contribution is -0.117. The van der Waals surface area contributed by atoms with E-state index in [1.807, 2.05) is 30.3 Å². The third-order valence-electron chi connectivity index (χ3n) is 5.08. The van der Waals surface area contributed by atoms with Crippen molar-refractivity contribution in [3.63, 3.8) is 0 Å². The predicted octanol–water partition coefficient (Wildman–Crippen LogP) is 4.10. The van der Waals surface area contributed by atoms with E-state index in [1.165, 1.54) is 6.92 Å². The molecule has 0 saturated heterocycles. The van der Waals surface area contributed by atoms with Crippen molar-refractivity contribution in [2.24, 2.45) is 0 Å². The van der Waals surface area contributed by atoms with Crippen LogP contribution in [0.4, 0.5) is 11.4 Å². The number of carbonyl (C=O) groups excluding carboxylic acids is 3. The van der Waals surface area contributed by atoms with Crippen LogP contribution < -0.4 is 10.2 Å². The maximum atomic E-state index is 13.2. The Morgan fingerprint density at radius 1 is 0.828 bits per heavy atom. The first-order valence-corrected chi connectivity index (χ1v) is 9.43. The molecule has 1 atom stereocenters. The number of nitrogens with one attached hydrogen (secondary N) is 1. The lowest BCUT2D eigenvalue weighted by Crippen LogP contribution is -2.45. The van der Waals surface area contributed by atoms with Crippen LogP contribution in [-0.2, 0) is 11.2 Å². The normalized spacial score (nSPS) is 14.9. The topological polar surface area (TPSA) is 66.5 Å². The molecular weight excluding hydrogens is 364 g/mol. The standard InChI is InChI=1S/C24H20N2O3/c1-16(27)17-11-13-20(14-12-17)25-23(28)22-15-19-9-5-6-10-21(19)26(22)24(29)18-7-3-2-4-8-18/h2-14,22H,15H2,1H3,(H,25,28)/t22-/m0/s1. The van der Waals surface area contributed by atoms with Gasteiger partial charge in [0.2, 0.25) is 5.91 Å². The lowest BCUT2D eigenvalue weighted by atomic mass is 10.1. The molecule has 0 aromatic heterocycles. The molecule has 1 aliphatic rings. The summed E-state index contributed by atoms with van der Waals surface area (Å²) in [7, 11) is 0. The fraction of sp³-hybridized carbons (Fsp3) is 0.125. The van der Waals surface area contributed by atoms with Gasteiger partial charge in [0.05, 0.1) is 0 Å². The first-order valence-electron chi connectivity index (χ1n) is 9.43. The number of Topliss-reactive ketones (excluding diaryl/α,β-unsaturated/α-hetero) is 1. The Labute approximate surface area is 169 Å². The quantitative estimate of drug-likeness (QED) is 0.689. The number of benzene rings is 3. The van der Waals surface area contributed by atoms with Crippen molar-refractivity contribution in [2.75, 3.05) is 10.2 Å². The minimum Gasteiger partial charge on any atom is -0.324 e. The van der Waals surface area contributed by atoms with Crippen LogP contribution in [0.15, 0.2) is 78.9 Å². The summed E-state index contributed by atoms with van der Waals surface area (Å²) < 4.78 is 0. The van der Waals surface area contributed by atoms with Gasteiger partial charge in [-0.3, -0.25) is 19.3 Å². The molecule has 29 heavy (non-hydrogen) atoms. The smallest absolute Gasteiger partial charge is 0.259 e. The molecule has 1 aliphatic heterocycles. The van der Waals surface area contributed by atoms with E-state index in [0.717, 1.165) is 11.3 Å². The van der Waals surface area contributed by atoms with E-state index in [4.69, 9.17) is 0 Å². The van der Waals surface area contributed by atoms with Crippen molar-refractivity contribution in [3.05, 3.63) is 95.6 Å². The number of para-hydroxylation sites is 1. The van der Waals surface area contributed by atoms with Gasteiger partial charge in [0.25, 0.3) is 5.91 Å². The monoisotopic (exact) mass is 384 g/mol. The second kappa shape index (κ2) is 7.72. The summed E-state index contributed by atoms with van der Waals surface area (Å²) >= 11 is 0. The molecule has 0 unspecified atom stereocenters. The molecule has 4 rings (SSSR count). The molecule has 0 aliphatic carbocycles. The number of carbonyl (C=O) groups is 3. The van der Waals surface area contributed by atoms with Gasteiger partial charge in [-0.1, -0.05) is 36.4 Å². The average molecular weight is 384 g/mol. The van der Waals surface area contributed by atoms with Crippen LogP contribution in [-0.4, -0.2) is 23.6 Å². The zero-order chi connectivity index (χ0) is 20.4. The summed E-state index contributed by atoms with van der Waals surface area (Å²) in [6.07, 6.45) is 0.451. The van der Waals surface area contributed by atoms with Crippen molar-refractivity contribution >= 4 is 29.0 Å². The number of fused-ring (bicyclic) bond motifs is 1. The van der Waals surface area contributed by atoms with E-state index in [1.54, 1.807) is 53.4 Å². The zero-order valence-corrected chi connectivity index (χ0v) is 16.0. The Balaban J connectivity index is 1.62. The van der Waals surface area contributed by atoms with Gasteiger partial charge in [0.15, 0.2) is 5.78 Å². The molecule has 144 valence electrons. The van der Waals surface area contributed by atoms with Gasteiger partial charge < -0.3 is 5.32 Å². The number of ketones is 1. The molecule has 1 N–H and O–H groups in total. The molecule has 5 heteroatoms. The molecular formula is C24H20N2O3. The number of amides is 2. The van der Waals surface area contributed by atoms with E-state index in [0.29, 0.717) is 23.2 Å². The first kappa shape index (κ1) is 18.6. The Bertz CT molecular complexity index is 1070. The zero-order valence-electron chi connectivity index (χ0n) is 16.0. The van der Waals surface area contributed by atoms with Gasteiger partial charge in [-0.05, 0) is 55.0 Å². The minimum absolute atomic E-state index is 0.0336. The van der Waals surface area contributed by atoms with Gasteiger partial charge in [-0.2, -0.15) is 0 Å². The molecule has 2 amide bonds. The third-order valence-corrected chi connectivity index (χ3v) is 5.08.